The number of thioether (sulfide) groups is 1. The molecule has 232 valence electrons. The van der Waals surface area contributed by atoms with Crippen molar-refractivity contribution in [2.24, 2.45) is 5.92 Å². The second-order valence-electron chi connectivity index (χ2n) is 10.8. The van der Waals surface area contributed by atoms with Gasteiger partial charge in [-0.05, 0) is 58.8 Å². The van der Waals surface area contributed by atoms with Crippen LogP contribution in [-0.4, -0.2) is 34.6 Å². The molecule has 2 N–H and O–H groups in total. The van der Waals surface area contributed by atoms with E-state index in [-0.39, 0.29) is 23.1 Å². The summed E-state index contributed by atoms with van der Waals surface area (Å²) in [4.78, 5) is 56.1. The van der Waals surface area contributed by atoms with Crippen molar-refractivity contribution in [1.82, 2.24) is 4.98 Å². The standard InChI is InChI=1S/C33H22F3N3O5S2/c34-33(35,36)20-6-3-7-22(15-20)39-30(41)26-25(27-29(38-32(43)46-27)45-28(26)31(39)42)18-9-12-23(13-10-18)44-16-24(40)37-21-11-8-17-4-1-2-5-19(17)14-21/h1-15,25-26,28H,16H2,(H,37,40)(H,38,43)/t25-,26-,28+/m0/s1. The van der Waals surface area contributed by atoms with Crippen LogP contribution >= 0.6 is 23.1 Å². The van der Waals surface area contributed by atoms with Crippen LogP contribution in [0.15, 0.2) is 101 Å². The van der Waals surface area contributed by atoms with Gasteiger partial charge in [-0.2, -0.15) is 13.2 Å². The van der Waals surface area contributed by atoms with Crippen molar-refractivity contribution in [3.05, 3.63) is 117 Å². The molecule has 3 amide bonds. The summed E-state index contributed by atoms with van der Waals surface area (Å²) in [6.07, 6.45) is -4.66. The number of carbonyl (C=O) groups is 3. The van der Waals surface area contributed by atoms with Gasteiger partial charge in [0.15, 0.2) is 6.61 Å². The molecule has 46 heavy (non-hydrogen) atoms. The van der Waals surface area contributed by atoms with Crippen molar-refractivity contribution in [2.45, 2.75) is 22.4 Å². The first-order valence-corrected chi connectivity index (χ1v) is 15.7. The number of aromatic amines is 1. The van der Waals surface area contributed by atoms with Gasteiger partial charge < -0.3 is 15.0 Å². The molecular formula is C33H22F3N3O5S2. The number of halogens is 3. The van der Waals surface area contributed by atoms with Crippen LogP contribution in [0, 0.1) is 5.92 Å². The summed E-state index contributed by atoms with van der Waals surface area (Å²) in [6, 6.07) is 24.1. The van der Waals surface area contributed by atoms with E-state index in [2.05, 4.69) is 10.3 Å². The first kappa shape index (κ1) is 29.8. The number of ether oxygens (including phenoxy) is 1. The number of carbonyl (C=O) groups excluding carboxylic acids is 3. The van der Waals surface area contributed by atoms with Gasteiger partial charge in [0.1, 0.15) is 11.0 Å². The van der Waals surface area contributed by atoms with E-state index in [1.807, 2.05) is 36.4 Å². The Labute approximate surface area is 267 Å². The van der Waals surface area contributed by atoms with Crippen LogP contribution in [0.25, 0.3) is 10.8 Å². The molecule has 4 aromatic carbocycles. The average molecular weight is 662 g/mol. The van der Waals surface area contributed by atoms with Gasteiger partial charge in [-0.15, -0.1) is 0 Å². The summed E-state index contributed by atoms with van der Waals surface area (Å²) >= 11 is 1.95. The zero-order valence-electron chi connectivity index (χ0n) is 23.5. The highest BCUT2D eigenvalue weighted by molar-refractivity contribution is 8.00. The predicted octanol–water partition coefficient (Wildman–Crippen LogP) is 6.42. The minimum absolute atomic E-state index is 0.166. The molecule has 5 aromatic rings. The van der Waals surface area contributed by atoms with Crippen LogP contribution in [0.1, 0.15) is 21.9 Å². The Morgan fingerprint density at radius 1 is 0.891 bits per heavy atom. The number of nitrogens with one attached hydrogen (secondary N) is 2. The maximum atomic E-state index is 13.8. The molecule has 13 heteroatoms. The largest absolute Gasteiger partial charge is 0.484 e. The quantitative estimate of drug-likeness (QED) is 0.203. The van der Waals surface area contributed by atoms with Gasteiger partial charge in [-0.25, -0.2) is 4.90 Å². The summed E-state index contributed by atoms with van der Waals surface area (Å²) in [7, 11) is 0. The highest BCUT2D eigenvalue weighted by Crippen LogP contribution is 2.53. The van der Waals surface area contributed by atoms with Gasteiger partial charge in [-0.3, -0.25) is 19.2 Å². The van der Waals surface area contributed by atoms with Gasteiger partial charge in [0, 0.05) is 16.5 Å². The zero-order valence-corrected chi connectivity index (χ0v) is 25.2. The molecular weight excluding hydrogens is 640 g/mol. The Morgan fingerprint density at radius 2 is 1.65 bits per heavy atom. The van der Waals surface area contributed by atoms with Crippen molar-refractivity contribution in [3.8, 4) is 5.75 Å². The summed E-state index contributed by atoms with van der Waals surface area (Å²) < 4.78 is 46.0. The fraction of sp³-hybridized carbons (Fsp3) is 0.152. The topological polar surface area (TPSA) is 109 Å². The second-order valence-corrected chi connectivity index (χ2v) is 12.9. The van der Waals surface area contributed by atoms with Crippen LogP contribution in [0.5, 0.6) is 5.75 Å². The molecule has 1 aromatic heterocycles. The van der Waals surface area contributed by atoms with Crippen molar-refractivity contribution >= 4 is 63.0 Å². The van der Waals surface area contributed by atoms with Gasteiger partial charge in [-0.1, -0.05) is 71.6 Å². The molecule has 2 aliphatic heterocycles. The van der Waals surface area contributed by atoms with E-state index in [1.54, 1.807) is 30.3 Å². The lowest BCUT2D eigenvalue weighted by atomic mass is 9.83. The molecule has 0 bridgehead atoms. The Hall–Kier alpha value is -4.88. The van der Waals surface area contributed by atoms with Gasteiger partial charge in [0.05, 0.1) is 22.2 Å². The third-order valence-corrected chi connectivity index (χ3v) is 10.3. The summed E-state index contributed by atoms with van der Waals surface area (Å²) in [5.74, 6) is -2.98. The van der Waals surface area contributed by atoms with Crippen LogP contribution in [-0.2, 0) is 20.6 Å². The number of alkyl halides is 3. The highest BCUT2D eigenvalue weighted by atomic mass is 32.2. The molecule has 8 nitrogen and oxygen atoms in total. The normalized spacial score (nSPS) is 19.2. The molecule has 3 heterocycles. The van der Waals surface area contributed by atoms with Crippen LogP contribution in [0.4, 0.5) is 24.5 Å². The van der Waals surface area contributed by atoms with Crippen molar-refractivity contribution in [3.63, 3.8) is 0 Å². The number of H-pyrrole nitrogens is 1. The summed E-state index contributed by atoms with van der Waals surface area (Å²) in [6.45, 7) is -0.264. The number of rotatable bonds is 6. The van der Waals surface area contributed by atoms with Crippen LogP contribution < -0.4 is 19.8 Å². The van der Waals surface area contributed by atoms with E-state index in [0.29, 0.717) is 26.9 Å². The maximum absolute atomic E-state index is 13.8. The molecule has 0 aliphatic carbocycles. The van der Waals surface area contributed by atoms with E-state index in [1.165, 1.54) is 6.07 Å². The number of aromatic nitrogens is 1. The average Bonchev–Trinajstić information content (AvgIpc) is 3.53. The number of benzene rings is 4. The lowest BCUT2D eigenvalue weighted by Crippen LogP contribution is -2.32. The zero-order chi connectivity index (χ0) is 32.2. The smallest absolute Gasteiger partial charge is 0.416 e. The van der Waals surface area contributed by atoms with Gasteiger partial charge in [0.2, 0.25) is 11.8 Å². The van der Waals surface area contributed by atoms with Gasteiger partial charge >= 0.3 is 11.0 Å². The fourth-order valence-electron chi connectivity index (χ4n) is 5.84. The molecule has 0 radical (unpaired) electrons. The first-order chi connectivity index (χ1) is 22.1. The minimum atomic E-state index is -4.66. The van der Waals surface area contributed by atoms with E-state index in [9.17, 15) is 32.3 Å². The van der Waals surface area contributed by atoms with Crippen molar-refractivity contribution < 1.29 is 32.3 Å². The Bertz CT molecular complexity index is 2080. The van der Waals surface area contributed by atoms with E-state index >= 15 is 0 Å². The third-order valence-electron chi connectivity index (χ3n) is 7.90. The lowest BCUT2D eigenvalue weighted by Gasteiger charge is -2.29. The monoisotopic (exact) mass is 661 g/mol. The number of imide groups is 1. The molecule has 1 fully saturated rings. The molecule has 0 spiro atoms. The number of anilines is 2. The van der Waals surface area contributed by atoms with Crippen LogP contribution in [0.3, 0.4) is 0 Å². The SMILES string of the molecule is O=C(COc1ccc([C@@H]2c3sc(=O)[nH]c3S[C@H]3C(=O)N(c4cccc(C(F)(F)F)c4)C(=O)[C@@H]23)cc1)Nc1ccc2ccccc2c1. The maximum Gasteiger partial charge on any atom is 0.416 e. The third kappa shape index (κ3) is 5.45. The summed E-state index contributed by atoms with van der Waals surface area (Å²) in [5, 5.41) is 4.32. The molecule has 2 aliphatic rings. The number of nitrogens with zero attached hydrogens (tertiary/aromatic N) is 1. The van der Waals surface area contributed by atoms with E-state index < -0.39 is 40.6 Å². The molecule has 7 rings (SSSR count). The fourth-order valence-corrected chi connectivity index (χ4v) is 8.35. The van der Waals surface area contributed by atoms with Gasteiger partial charge in [0.25, 0.3) is 5.91 Å². The molecule has 0 saturated carbocycles. The van der Waals surface area contributed by atoms with Crippen molar-refractivity contribution in [1.29, 1.82) is 0 Å². The Morgan fingerprint density at radius 3 is 2.41 bits per heavy atom. The second kappa shape index (κ2) is 11.5. The molecule has 1 saturated heterocycles. The van der Waals surface area contributed by atoms with E-state index in [0.717, 1.165) is 57.0 Å². The van der Waals surface area contributed by atoms with E-state index in [4.69, 9.17) is 4.74 Å². The van der Waals surface area contributed by atoms with Crippen molar-refractivity contribution in [2.75, 3.05) is 16.8 Å². The molecule has 3 atom stereocenters. The first-order valence-electron chi connectivity index (χ1n) is 14.0. The lowest BCUT2D eigenvalue weighted by molar-refractivity contribution is -0.137. The number of thiazole rings is 1. The predicted molar refractivity (Wildman–Crippen MR) is 168 cm³/mol. The highest BCUT2D eigenvalue weighted by Gasteiger charge is 2.56. The number of hydrogen-bond acceptors (Lipinski definition) is 7. The number of hydrogen-bond donors (Lipinski definition) is 2. The minimum Gasteiger partial charge on any atom is -0.484 e. The Kier molecular flexibility index (Phi) is 7.44. The van der Waals surface area contributed by atoms with Crippen LogP contribution in [0.2, 0.25) is 0 Å². The Balaban J connectivity index is 1.11. The molecule has 0 unspecified atom stereocenters. The number of amides is 3. The summed E-state index contributed by atoms with van der Waals surface area (Å²) in [5.41, 5.74) is 0.0891. The number of fused-ring (bicyclic) bond motifs is 3.